The molecule has 1 atom stereocenters. The molecule has 0 spiro atoms. The van der Waals surface area contributed by atoms with E-state index in [1.165, 1.54) is 0 Å². The first kappa shape index (κ1) is 16.9. The summed E-state index contributed by atoms with van der Waals surface area (Å²) < 4.78 is 0. The molecule has 2 aromatic rings. The highest BCUT2D eigenvalue weighted by molar-refractivity contribution is 6.30. The lowest BCUT2D eigenvalue weighted by molar-refractivity contribution is 0.0773. The zero-order valence-corrected chi connectivity index (χ0v) is 14.2. The van der Waals surface area contributed by atoms with Crippen molar-refractivity contribution in [1.82, 2.24) is 4.90 Å². The largest absolute Gasteiger partial charge is 0.339 e. The molecular weight excluding hydrogens is 317 g/mol. The maximum atomic E-state index is 12.3. The first-order valence-electron chi connectivity index (χ1n) is 7.35. The van der Waals surface area contributed by atoms with Crippen molar-refractivity contribution in [2.75, 3.05) is 13.1 Å². The van der Waals surface area contributed by atoms with E-state index in [4.69, 9.17) is 23.2 Å². The average molecular weight is 336 g/mol. The highest BCUT2D eigenvalue weighted by Gasteiger charge is 2.14. The molecule has 4 heteroatoms. The van der Waals surface area contributed by atoms with Crippen LogP contribution in [0.15, 0.2) is 48.5 Å². The Morgan fingerprint density at radius 2 is 1.41 bits per heavy atom. The molecule has 0 aromatic heterocycles. The van der Waals surface area contributed by atoms with Crippen LogP contribution in [0.25, 0.3) is 0 Å². The van der Waals surface area contributed by atoms with Gasteiger partial charge >= 0.3 is 0 Å². The Bertz CT molecular complexity index is 619. The Morgan fingerprint density at radius 1 is 0.955 bits per heavy atom. The number of carbonyl (C=O) groups excluding carboxylic acids is 1. The third-order valence-electron chi connectivity index (χ3n) is 3.66. The maximum absolute atomic E-state index is 12.3. The Morgan fingerprint density at radius 3 is 1.86 bits per heavy atom. The van der Waals surface area contributed by atoms with E-state index in [2.05, 4.69) is 0 Å². The minimum Gasteiger partial charge on any atom is -0.339 e. The quantitative estimate of drug-likeness (QED) is 0.692. The minimum atomic E-state index is -0.255. The lowest BCUT2D eigenvalue weighted by atomic mass is 10.0. The topological polar surface area (TPSA) is 20.3 Å². The third-order valence-corrected chi connectivity index (χ3v) is 4.42. The fourth-order valence-corrected chi connectivity index (χ4v) is 2.73. The summed E-state index contributed by atoms with van der Waals surface area (Å²) in [7, 11) is 0. The van der Waals surface area contributed by atoms with E-state index >= 15 is 0 Å². The Kier molecular flexibility index (Phi) is 5.87. The van der Waals surface area contributed by atoms with E-state index in [9.17, 15) is 4.79 Å². The molecule has 0 aliphatic rings. The second-order valence-corrected chi connectivity index (χ2v) is 5.89. The van der Waals surface area contributed by atoms with Crippen LogP contribution in [0.1, 0.15) is 40.7 Å². The van der Waals surface area contributed by atoms with Crippen LogP contribution >= 0.6 is 23.2 Å². The average Bonchev–Trinajstić information content (AvgIpc) is 2.56. The van der Waals surface area contributed by atoms with Crippen molar-refractivity contribution < 1.29 is 4.79 Å². The number of halogens is 2. The van der Waals surface area contributed by atoms with Gasteiger partial charge < -0.3 is 4.90 Å². The number of nitrogens with zero attached hydrogens (tertiary/aromatic N) is 1. The molecule has 22 heavy (non-hydrogen) atoms. The Hall–Kier alpha value is -1.51. The molecule has 0 saturated carbocycles. The van der Waals surface area contributed by atoms with Crippen LogP contribution < -0.4 is 0 Å². The van der Waals surface area contributed by atoms with Gasteiger partial charge in [-0.15, -0.1) is 11.6 Å². The minimum absolute atomic E-state index is 0.0502. The van der Waals surface area contributed by atoms with Gasteiger partial charge in [-0.05, 0) is 49.2 Å². The smallest absolute Gasteiger partial charge is 0.253 e. The third kappa shape index (κ3) is 3.82. The van der Waals surface area contributed by atoms with Crippen LogP contribution in [0.2, 0.25) is 5.02 Å². The second kappa shape index (κ2) is 7.66. The summed E-state index contributed by atoms with van der Waals surface area (Å²) >= 11 is 12.4. The van der Waals surface area contributed by atoms with E-state index in [1.54, 1.807) is 4.90 Å². The number of rotatable bonds is 5. The van der Waals surface area contributed by atoms with Gasteiger partial charge in [0.2, 0.25) is 0 Å². The monoisotopic (exact) mass is 335 g/mol. The number of hydrogen-bond donors (Lipinski definition) is 0. The van der Waals surface area contributed by atoms with E-state index in [-0.39, 0.29) is 11.3 Å². The molecule has 0 N–H and O–H groups in total. The lowest BCUT2D eigenvalue weighted by Crippen LogP contribution is -2.30. The van der Waals surface area contributed by atoms with Crippen molar-refractivity contribution >= 4 is 29.1 Å². The fourth-order valence-electron chi connectivity index (χ4n) is 2.31. The standard InChI is InChI=1S/C18H19Cl2NO/c1-3-21(4-2)18(22)15-7-5-13(6-8-15)17(20)14-9-11-16(19)12-10-14/h5-12,17H,3-4H2,1-2H3. The number of benzene rings is 2. The molecule has 2 nitrogen and oxygen atoms in total. The lowest BCUT2D eigenvalue weighted by Gasteiger charge is -2.19. The predicted octanol–water partition coefficient (Wildman–Crippen LogP) is 5.15. The highest BCUT2D eigenvalue weighted by Crippen LogP contribution is 2.29. The van der Waals surface area contributed by atoms with Gasteiger partial charge in [0, 0.05) is 23.7 Å². The molecule has 2 rings (SSSR count). The fraction of sp³-hybridized carbons (Fsp3) is 0.278. The molecule has 1 unspecified atom stereocenters. The Labute approximate surface area is 141 Å². The van der Waals surface area contributed by atoms with Gasteiger partial charge in [-0.2, -0.15) is 0 Å². The summed E-state index contributed by atoms with van der Waals surface area (Å²) in [5.74, 6) is 0.0502. The van der Waals surface area contributed by atoms with E-state index in [1.807, 2.05) is 62.4 Å². The van der Waals surface area contributed by atoms with E-state index < -0.39 is 0 Å². The molecule has 116 valence electrons. The highest BCUT2D eigenvalue weighted by atomic mass is 35.5. The summed E-state index contributed by atoms with van der Waals surface area (Å²) in [6.45, 7) is 5.37. The number of alkyl halides is 1. The van der Waals surface area contributed by atoms with Crippen molar-refractivity contribution in [3.63, 3.8) is 0 Å². The van der Waals surface area contributed by atoms with Gasteiger partial charge in [0.1, 0.15) is 0 Å². The van der Waals surface area contributed by atoms with Crippen LogP contribution in [0, 0.1) is 0 Å². The maximum Gasteiger partial charge on any atom is 0.253 e. The van der Waals surface area contributed by atoms with Gasteiger partial charge in [-0.25, -0.2) is 0 Å². The molecule has 0 aliphatic heterocycles. The first-order valence-corrected chi connectivity index (χ1v) is 8.17. The normalized spacial score (nSPS) is 12.0. The van der Waals surface area contributed by atoms with Crippen LogP contribution in [0.5, 0.6) is 0 Å². The molecule has 0 saturated heterocycles. The molecule has 1 amide bonds. The summed E-state index contributed by atoms with van der Waals surface area (Å²) in [5.41, 5.74) is 2.63. The zero-order chi connectivity index (χ0) is 16.1. The number of amides is 1. The number of hydrogen-bond acceptors (Lipinski definition) is 1. The van der Waals surface area contributed by atoms with Crippen molar-refractivity contribution in [3.8, 4) is 0 Å². The number of carbonyl (C=O) groups is 1. The van der Waals surface area contributed by atoms with Crippen LogP contribution in [0.3, 0.4) is 0 Å². The van der Waals surface area contributed by atoms with Crippen molar-refractivity contribution in [2.24, 2.45) is 0 Å². The summed E-state index contributed by atoms with van der Waals surface area (Å²) in [4.78, 5) is 14.1. The first-order chi connectivity index (χ1) is 10.6. The van der Waals surface area contributed by atoms with Gasteiger partial charge in [-0.3, -0.25) is 4.79 Å². The van der Waals surface area contributed by atoms with Crippen LogP contribution in [-0.4, -0.2) is 23.9 Å². The summed E-state index contributed by atoms with van der Waals surface area (Å²) in [6.07, 6.45) is 0. The zero-order valence-electron chi connectivity index (χ0n) is 12.7. The van der Waals surface area contributed by atoms with Gasteiger partial charge in [-0.1, -0.05) is 35.9 Å². The van der Waals surface area contributed by atoms with E-state index in [0.717, 1.165) is 11.1 Å². The second-order valence-electron chi connectivity index (χ2n) is 5.01. The van der Waals surface area contributed by atoms with Gasteiger partial charge in [0.15, 0.2) is 0 Å². The van der Waals surface area contributed by atoms with Crippen molar-refractivity contribution in [3.05, 3.63) is 70.2 Å². The van der Waals surface area contributed by atoms with Crippen LogP contribution in [0.4, 0.5) is 0 Å². The molecule has 0 fully saturated rings. The molecule has 0 heterocycles. The summed E-state index contributed by atoms with van der Waals surface area (Å²) in [6, 6.07) is 15.0. The predicted molar refractivity (Wildman–Crippen MR) is 92.8 cm³/mol. The van der Waals surface area contributed by atoms with Crippen molar-refractivity contribution in [2.45, 2.75) is 19.2 Å². The SMILES string of the molecule is CCN(CC)C(=O)c1ccc(C(Cl)c2ccc(Cl)cc2)cc1. The van der Waals surface area contributed by atoms with Crippen molar-refractivity contribution in [1.29, 1.82) is 0 Å². The van der Waals surface area contributed by atoms with Gasteiger partial charge in [0.05, 0.1) is 5.38 Å². The molecule has 0 aliphatic carbocycles. The Balaban J connectivity index is 2.17. The molecule has 0 radical (unpaired) electrons. The molecule has 2 aromatic carbocycles. The van der Waals surface area contributed by atoms with E-state index in [0.29, 0.717) is 23.7 Å². The molecule has 0 bridgehead atoms. The van der Waals surface area contributed by atoms with Gasteiger partial charge in [0.25, 0.3) is 5.91 Å². The van der Waals surface area contributed by atoms with Crippen LogP contribution in [-0.2, 0) is 0 Å². The molecular formula is C18H19Cl2NO. The summed E-state index contributed by atoms with van der Waals surface area (Å²) in [5, 5.41) is 0.433.